The maximum atomic E-state index is 12.7. The highest BCUT2D eigenvalue weighted by Crippen LogP contribution is 2.37. The number of sulfonamides is 1. The van der Waals surface area contributed by atoms with E-state index >= 15 is 0 Å². The van der Waals surface area contributed by atoms with Crippen molar-refractivity contribution in [1.82, 2.24) is 0 Å². The van der Waals surface area contributed by atoms with Crippen LogP contribution in [0.5, 0.6) is 5.75 Å². The van der Waals surface area contributed by atoms with Crippen LogP contribution in [0.2, 0.25) is 0 Å². The Balaban J connectivity index is 2.65. The molecule has 7 nitrogen and oxygen atoms in total. The highest BCUT2D eigenvalue weighted by molar-refractivity contribution is 7.95. The Hall–Kier alpha value is -1.46. The van der Waals surface area contributed by atoms with Crippen molar-refractivity contribution in [2.75, 3.05) is 7.11 Å². The van der Waals surface area contributed by atoms with Crippen LogP contribution in [0.4, 0.5) is 0 Å². The van der Waals surface area contributed by atoms with Gasteiger partial charge in [-0.3, -0.25) is 0 Å². The van der Waals surface area contributed by atoms with Crippen molar-refractivity contribution in [3.8, 4) is 5.75 Å². The van der Waals surface area contributed by atoms with Crippen LogP contribution in [0.15, 0.2) is 43.6 Å². The summed E-state index contributed by atoms with van der Waals surface area (Å²) in [5.74, 6) is 0.483. The second-order valence-electron chi connectivity index (χ2n) is 4.71. The molecule has 1 aromatic heterocycles. The van der Waals surface area contributed by atoms with Crippen molar-refractivity contribution < 1.29 is 26.7 Å². The Kier molecular flexibility index (Phi) is 4.83. The van der Waals surface area contributed by atoms with Gasteiger partial charge in [-0.15, -0.1) is 11.3 Å². The molecule has 2 rings (SSSR count). The van der Waals surface area contributed by atoms with E-state index in [0.29, 0.717) is 17.1 Å². The predicted molar refractivity (Wildman–Crippen MR) is 84.8 cm³/mol. The number of methoxy groups -OCH3 is 1. The number of primary sulfonamides is 1. The molecule has 0 saturated heterocycles. The Morgan fingerprint density at radius 2 is 1.74 bits per heavy atom. The third kappa shape index (κ3) is 3.56. The molecule has 1 heterocycles. The van der Waals surface area contributed by atoms with Crippen LogP contribution in [0.3, 0.4) is 0 Å². The molecule has 1 aromatic carbocycles. The third-order valence-corrected chi connectivity index (χ3v) is 7.94. The van der Waals surface area contributed by atoms with Gasteiger partial charge in [-0.1, -0.05) is 0 Å². The lowest BCUT2D eigenvalue weighted by Gasteiger charge is -2.08. The molecule has 126 valence electrons. The first-order valence-corrected chi connectivity index (χ1v) is 10.2. The minimum absolute atomic E-state index is 0.00477. The summed E-state index contributed by atoms with van der Waals surface area (Å²) in [6.45, 7) is 1.35. The Morgan fingerprint density at radius 1 is 1.17 bits per heavy atom. The number of thiophene rings is 1. The van der Waals surface area contributed by atoms with E-state index in [1.807, 2.05) is 0 Å². The van der Waals surface area contributed by atoms with Crippen molar-refractivity contribution >= 4 is 31.2 Å². The maximum Gasteiger partial charge on any atom is 0.247 e. The van der Waals surface area contributed by atoms with E-state index in [4.69, 9.17) is 9.88 Å². The van der Waals surface area contributed by atoms with E-state index in [2.05, 4.69) is 0 Å². The van der Waals surface area contributed by atoms with E-state index in [-0.39, 0.29) is 18.9 Å². The number of ether oxygens (including phenoxy) is 1. The van der Waals surface area contributed by atoms with Crippen LogP contribution in [-0.2, 0) is 19.9 Å². The summed E-state index contributed by atoms with van der Waals surface area (Å²) in [5, 5.41) is 14.8. The number of rotatable bonds is 5. The van der Waals surface area contributed by atoms with Crippen LogP contribution in [0.1, 0.15) is 18.6 Å². The molecule has 0 fully saturated rings. The maximum absolute atomic E-state index is 12.7. The van der Waals surface area contributed by atoms with Gasteiger partial charge in [-0.2, -0.15) is 0 Å². The van der Waals surface area contributed by atoms with Gasteiger partial charge in [0.05, 0.1) is 18.1 Å². The van der Waals surface area contributed by atoms with Crippen LogP contribution in [0.25, 0.3) is 0 Å². The van der Waals surface area contributed by atoms with Gasteiger partial charge < -0.3 is 9.84 Å². The first-order valence-electron chi connectivity index (χ1n) is 6.31. The lowest BCUT2D eigenvalue weighted by atomic mass is 10.2. The summed E-state index contributed by atoms with van der Waals surface area (Å²) in [4.78, 5) is -0.0389. The van der Waals surface area contributed by atoms with Crippen LogP contribution in [-0.4, -0.2) is 29.1 Å². The summed E-state index contributed by atoms with van der Waals surface area (Å²) in [6.07, 6.45) is -1.16. The zero-order chi connectivity index (χ0) is 17.4. The van der Waals surface area contributed by atoms with Crippen molar-refractivity contribution in [1.29, 1.82) is 0 Å². The molecule has 1 unspecified atom stereocenters. The minimum Gasteiger partial charge on any atom is -0.497 e. The quantitative estimate of drug-likeness (QED) is 0.809. The number of aliphatic hydroxyl groups is 1. The van der Waals surface area contributed by atoms with Crippen molar-refractivity contribution in [3.05, 3.63) is 35.9 Å². The lowest BCUT2D eigenvalue weighted by molar-refractivity contribution is 0.197. The molecular formula is C13H15NO6S3. The topological polar surface area (TPSA) is 124 Å². The predicted octanol–water partition coefficient (Wildman–Crippen LogP) is 1.29. The average Bonchev–Trinajstić information content (AvgIpc) is 2.93. The molecule has 2 aromatic rings. The highest BCUT2D eigenvalue weighted by atomic mass is 32.3. The zero-order valence-corrected chi connectivity index (χ0v) is 14.7. The van der Waals surface area contributed by atoms with Gasteiger partial charge in [0.15, 0.2) is 0 Å². The van der Waals surface area contributed by atoms with Gasteiger partial charge >= 0.3 is 0 Å². The largest absolute Gasteiger partial charge is 0.497 e. The van der Waals surface area contributed by atoms with Crippen LogP contribution in [0, 0.1) is 0 Å². The molecule has 1 atom stereocenters. The summed E-state index contributed by atoms with van der Waals surface area (Å²) >= 11 is 0.514. The van der Waals surface area contributed by atoms with Gasteiger partial charge in [-0.05, 0) is 37.3 Å². The molecule has 23 heavy (non-hydrogen) atoms. The fourth-order valence-corrected chi connectivity index (χ4v) is 5.99. The zero-order valence-electron chi connectivity index (χ0n) is 12.3. The smallest absolute Gasteiger partial charge is 0.247 e. The summed E-state index contributed by atoms with van der Waals surface area (Å²) in [7, 11) is -6.61. The summed E-state index contributed by atoms with van der Waals surface area (Å²) in [6, 6.07) is 6.72. The third-order valence-electron chi connectivity index (χ3n) is 3.05. The van der Waals surface area contributed by atoms with Gasteiger partial charge in [0.2, 0.25) is 19.9 Å². The van der Waals surface area contributed by atoms with Crippen molar-refractivity contribution in [2.45, 2.75) is 26.3 Å². The molecule has 10 heteroatoms. The van der Waals surface area contributed by atoms with Gasteiger partial charge in [0.25, 0.3) is 0 Å². The molecule has 0 bridgehead atoms. The number of hydrogen-bond donors (Lipinski definition) is 2. The number of benzene rings is 1. The molecule has 0 aliphatic rings. The molecule has 0 aliphatic heterocycles. The number of sulfone groups is 1. The summed E-state index contributed by atoms with van der Waals surface area (Å²) < 4.78 is 52.8. The standard InChI is InChI=1S/C13H15NO6S3/c1-8(15)11-7-12(23(14,18)19)21-13(11)22(16,17)10-5-3-9(20-2)4-6-10/h3-8,15H,1-2H3,(H2,14,18,19). The molecule has 3 N–H and O–H groups in total. The SMILES string of the molecule is COc1ccc(S(=O)(=O)c2sc(S(N)(=O)=O)cc2C(C)O)cc1. The first kappa shape index (κ1) is 17.9. The normalized spacial score (nSPS) is 13.7. The molecular weight excluding hydrogens is 362 g/mol. The average molecular weight is 377 g/mol. The Bertz CT molecular complexity index is 911. The molecule has 0 amide bonds. The molecule has 0 saturated carbocycles. The Labute approximate surface area is 138 Å². The number of hydrogen-bond acceptors (Lipinski definition) is 7. The Morgan fingerprint density at radius 3 is 2.17 bits per heavy atom. The first-order chi connectivity index (χ1) is 10.6. The van der Waals surface area contributed by atoms with E-state index in [1.54, 1.807) is 0 Å². The van der Waals surface area contributed by atoms with Gasteiger partial charge in [0, 0.05) is 5.56 Å². The fourth-order valence-electron chi connectivity index (χ4n) is 1.87. The van der Waals surface area contributed by atoms with Gasteiger partial charge in [0.1, 0.15) is 14.2 Å². The number of nitrogens with two attached hydrogens (primary N) is 1. The van der Waals surface area contributed by atoms with Crippen molar-refractivity contribution in [2.24, 2.45) is 5.14 Å². The molecule has 0 radical (unpaired) electrons. The fraction of sp³-hybridized carbons (Fsp3) is 0.231. The molecule has 0 aliphatic carbocycles. The number of aliphatic hydroxyl groups excluding tert-OH is 1. The lowest BCUT2D eigenvalue weighted by Crippen LogP contribution is -2.10. The van der Waals surface area contributed by atoms with Crippen LogP contribution >= 0.6 is 11.3 Å². The van der Waals surface area contributed by atoms with Crippen LogP contribution < -0.4 is 9.88 Å². The second-order valence-corrected chi connectivity index (χ2v) is 9.69. The van der Waals surface area contributed by atoms with Crippen molar-refractivity contribution in [3.63, 3.8) is 0 Å². The monoisotopic (exact) mass is 377 g/mol. The second kappa shape index (κ2) is 6.21. The van der Waals surface area contributed by atoms with E-state index in [0.717, 1.165) is 6.07 Å². The van der Waals surface area contributed by atoms with E-state index < -0.39 is 26.0 Å². The van der Waals surface area contributed by atoms with E-state index in [1.165, 1.54) is 38.3 Å². The minimum atomic E-state index is -4.07. The molecule has 0 spiro atoms. The highest BCUT2D eigenvalue weighted by Gasteiger charge is 2.29. The van der Waals surface area contributed by atoms with E-state index in [9.17, 15) is 21.9 Å². The summed E-state index contributed by atoms with van der Waals surface area (Å²) in [5.41, 5.74) is -0.00477. The van der Waals surface area contributed by atoms with Gasteiger partial charge in [-0.25, -0.2) is 22.0 Å².